The molecular formula is C14H24N4O. The second-order valence-corrected chi connectivity index (χ2v) is 5.07. The van der Waals surface area contributed by atoms with Crippen LogP contribution in [0.3, 0.4) is 0 Å². The summed E-state index contributed by atoms with van der Waals surface area (Å²) in [5, 5.41) is 3.28. The highest BCUT2D eigenvalue weighted by Gasteiger charge is 2.23. The highest BCUT2D eigenvalue weighted by molar-refractivity contribution is 5.50. The van der Waals surface area contributed by atoms with Gasteiger partial charge < -0.3 is 15.0 Å². The number of aryl methyl sites for hydroxylation is 1. The van der Waals surface area contributed by atoms with Crippen LogP contribution in [0.25, 0.3) is 0 Å². The molecule has 2 unspecified atom stereocenters. The van der Waals surface area contributed by atoms with E-state index >= 15 is 0 Å². The normalized spacial score (nSPS) is 23.5. The first-order chi connectivity index (χ1) is 9.12. The smallest absolute Gasteiger partial charge is 0.134 e. The van der Waals surface area contributed by atoms with Crippen molar-refractivity contribution in [3.8, 4) is 0 Å². The number of hydrogen-bond acceptors (Lipinski definition) is 5. The molecule has 2 rings (SSSR count). The summed E-state index contributed by atoms with van der Waals surface area (Å²) >= 11 is 0. The Labute approximate surface area is 115 Å². The molecule has 5 nitrogen and oxygen atoms in total. The molecule has 19 heavy (non-hydrogen) atoms. The van der Waals surface area contributed by atoms with Crippen LogP contribution in [0.4, 0.5) is 11.6 Å². The lowest BCUT2D eigenvalue weighted by atomic mass is 10.2. The number of anilines is 2. The minimum atomic E-state index is 0.242. The van der Waals surface area contributed by atoms with E-state index in [1.807, 2.05) is 6.07 Å². The van der Waals surface area contributed by atoms with Gasteiger partial charge in [-0.3, -0.25) is 0 Å². The van der Waals surface area contributed by atoms with Gasteiger partial charge >= 0.3 is 0 Å². The van der Waals surface area contributed by atoms with Crippen LogP contribution in [0.15, 0.2) is 6.07 Å². The molecule has 0 aliphatic carbocycles. The standard InChI is InChI=1S/C14H24N4O/c1-5-12-16-13(15-6-2)7-14(17-12)18-8-10(3)19-11(4)9-18/h7,10-11H,5-6,8-9H2,1-4H3,(H,15,16,17). The van der Waals surface area contributed by atoms with Crippen LogP contribution >= 0.6 is 0 Å². The zero-order valence-corrected chi connectivity index (χ0v) is 12.3. The first-order valence-electron chi connectivity index (χ1n) is 7.14. The Morgan fingerprint density at radius 3 is 2.53 bits per heavy atom. The van der Waals surface area contributed by atoms with E-state index in [-0.39, 0.29) is 12.2 Å². The van der Waals surface area contributed by atoms with E-state index < -0.39 is 0 Å². The highest BCUT2D eigenvalue weighted by Crippen LogP contribution is 2.21. The summed E-state index contributed by atoms with van der Waals surface area (Å²) < 4.78 is 5.77. The average Bonchev–Trinajstić information content (AvgIpc) is 2.37. The number of rotatable bonds is 4. The van der Waals surface area contributed by atoms with E-state index in [2.05, 4.69) is 47.9 Å². The van der Waals surface area contributed by atoms with Crippen LogP contribution in [0.2, 0.25) is 0 Å². The molecule has 2 atom stereocenters. The topological polar surface area (TPSA) is 50.3 Å². The summed E-state index contributed by atoms with van der Waals surface area (Å²) in [5.74, 6) is 2.81. The van der Waals surface area contributed by atoms with Crippen LogP contribution in [0.1, 0.15) is 33.5 Å². The number of hydrogen-bond donors (Lipinski definition) is 1. The lowest BCUT2D eigenvalue weighted by Gasteiger charge is -2.36. The second-order valence-electron chi connectivity index (χ2n) is 5.07. The Hall–Kier alpha value is -1.36. The fourth-order valence-electron chi connectivity index (χ4n) is 2.44. The van der Waals surface area contributed by atoms with Crippen LogP contribution in [0.5, 0.6) is 0 Å². The van der Waals surface area contributed by atoms with Crippen molar-refractivity contribution in [2.75, 3.05) is 29.9 Å². The van der Waals surface area contributed by atoms with Gasteiger partial charge in [0.25, 0.3) is 0 Å². The minimum Gasteiger partial charge on any atom is -0.372 e. The van der Waals surface area contributed by atoms with Crippen molar-refractivity contribution in [3.05, 3.63) is 11.9 Å². The van der Waals surface area contributed by atoms with E-state index in [4.69, 9.17) is 4.74 Å². The first-order valence-corrected chi connectivity index (χ1v) is 7.14. The van der Waals surface area contributed by atoms with Gasteiger partial charge in [0.1, 0.15) is 17.5 Å². The van der Waals surface area contributed by atoms with Crippen molar-refractivity contribution < 1.29 is 4.74 Å². The maximum atomic E-state index is 5.77. The van der Waals surface area contributed by atoms with Crippen molar-refractivity contribution in [3.63, 3.8) is 0 Å². The summed E-state index contributed by atoms with van der Waals surface area (Å²) in [7, 11) is 0. The summed E-state index contributed by atoms with van der Waals surface area (Å²) in [6, 6.07) is 2.04. The van der Waals surface area contributed by atoms with Gasteiger partial charge in [-0.15, -0.1) is 0 Å². The predicted molar refractivity (Wildman–Crippen MR) is 77.8 cm³/mol. The van der Waals surface area contributed by atoms with Gasteiger partial charge in [0, 0.05) is 32.1 Å². The van der Waals surface area contributed by atoms with E-state index in [0.29, 0.717) is 0 Å². The molecule has 1 aromatic heterocycles. The highest BCUT2D eigenvalue weighted by atomic mass is 16.5. The van der Waals surface area contributed by atoms with Crippen molar-refractivity contribution in [1.82, 2.24) is 9.97 Å². The van der Waals surface area contributed by atoms with Crippen LogP contribution in [0, 0.1) is 0 Å². The SMILES string of the molecule is CCNc1cc(N2CC(C)OC(C)C2)nc(CC)n1. The van der Waals surface area contributed by atoms with Crippen molar-refractivity contribution in [2.24, 2.45) is 0 Å². The van der Waals surface area contributed by atoms with Crippen LogP contribution in [-0.4, -0.2) is 41.8 Å². The van der Waals surface area contributed by atoms with E-state index in [1.54, 1.807) is 0 Å². The molecule has 0 aromatic carbocycles. The van der Waals surface area contributed by atoms with Gasteiger partial charge in [0.2, 0.25) is 0 Å². The fourth-order valence-corrected chi connectivity index (χ4v) is 2.44. The molecule has 1 aliphatic heterocycles. The zero-order chi connectivity index (χ0) is 13.8. The number of aromatic nitrogens is 2. The molecule has 1 aromatic rings. The molecule has 1 saturated heterocycles. The number of nitrogens with one attached hydrogen (secondary N) is 1. The third-order valence-electron chi connectivity index (χ3n) is 3.18. The van der Waals surface area contributed by atoms with Crippen LogP contribution in [-0.2, 0) is 11.2 Å². The van der Waals surface area contributed by atoms with Crippen LogP contribution < -0.4 is 10.2 Å². The molecule has 1 fully saturated rings. The molecule has 106 valence electrons. The van der Waals surface area contributed by atoms with E-state index in [1.165, 1.54) is 0 Å². The number of ether oxygens (including phenoxy) is 1. The van der Waals surface area contributed by atoms with Gasteiger partial charge in [0.05, 0.1) is 12.2 Å². The van der Waals surface area contributed by atoms with Gasteiger partial charge in [-0.05, 0) is 20.8 Å². The molecule has 1 aliphatic rings. The predicted octanol–water partition coefficient (Wildman–Crippen LogP) is 2.08. The maximum absolute atomic E-state index is 5.77. The lowest BCUT2D eigenvalue weighted by molar-refractivity contribution is -0.00547. The first kappa shape index (κ1) is 14.1. The third-order valence-corrected chi connectivity index (χ3v) is 3.18. The molecule has 0 amide bonds. The molecule has 0 spiro atoms. The molecule has 0 radical (unpaired) electrons. The van der Waals surface area contributed by atoms with E-state index in [9.17, 15) is 0 Å². The molecule has 0 saturated carbocycles. The second kappa shape index (κ2) is 6.19. The molecular weight excluding hydrogens is 240 g/mol. The van der Waals surface area contributed by atoms with Gasteiger partial charge in [-0.2, -0.15) is 0 Å². The van der Waals surface area contributed by atoms with Gasteiger partial charge in [0.15, 0.2) is 0 Å². The summed E-state index contributed by atoms with van der Waals surface area (Å²) in [6.07, 6.45) is 1.33. The Balaban J connectivity index is 2.24. The monoisotopic (exact) mass is 264 g/mol. The number of morpholine rings is 1. The van der Waals surface area contributed by atoms with E-state index in [0.717, 1.165) is 43.5 Å². The van der Waals surface area contributed by atoms with Crippen molar-refractivity contribution in [2.45, 2.75) is 46.3 Å². The average molecular weight is 264 g/mol. The number of nitrogens with zero attached hydrogens (tertiary/aromatic N) is 3. The van der Waals surface area contributed by atoms with Gasteiger partial charge in [-0.1, -0.05) is 6.92 Å². The maximum Gasteiger partial charge on any atom is 0.134 e. The summed E-state index contributed by atoms with van der Waals surface area (Å²) in [5.41, 5.74) is 0. The Kier molecular flexibility index (Phi) is 4.58. The molecule has 5 heteroatoms. The fraction of sp³-hybridized carbons (Fsp3) is 0.714. The van der Waals surface area contributed by atoms with Gasteiger partial charge in [-0.25, -0.2) is 9.97 Å². The molecule has 0 bridgehead atoms. The third kappa shape index (κ3) is 3.56. The van der Waals surface area contributed by atoms with Crippen molar-refractivity contribution in [1.29, 1.82) is 0 Å². The summed E-state index contributed by atoms with van der Waals surface area (Å²) in [4.78, 5) is 11.4. The molecule has 2 heterocycles. The lowest BCUT2D eigenvalue weighted by Crippen LogP contribution is -2.46. The van der Waals surface area contributed by atoms with Crippen molar-refractivity contribution >= 4 is 11.6 Å². The Morgan fingerprint density at radius 2 is 1.95 bits per heavy atom. The Morgan fingerprint density at radius 1 is 1.26 bits per heavy atom. The largest absolute Gasteiger partial charge is 0.372 e. The minimum absolute atomic E-state index is 0.242. The zero-order valence-electron chi connectivity index (χ0n) is 12.3. The quantitative estimate of drug-likeness (QED) is 0.902. The molecule has 1 N–H and O–H groups in total. The summed E-state index contributed by atoms with van der Waals surface area (Å²) in [6.45, 7) is 11.0. The Bertz CT molecular complexity index is 414.